The summed E-state index contributed by atoms with van der Waals surface area (Å²) in [5, 5.41) is 3.28. The molecule has 0 radical (unpaired) electrons. The minimum Gasteiger partial charge on any atom is -0.464 e. The third-order valence-corrected chi connectivity index (χ3v) is 5.00. The molecule has 0 bridgehead atoms. The number of hydrogen-bond donors (Lipinski definition) is 1. The molecule has 2 aliphatic heterocycles. The Hall–Kier alpha value is -1.53. The molecule has 0 spiro atoms. The normalized spacial score (nSPS) is 24.2. The molecular formula is C17H24BNO4. The van der Waals surface area contributed by atoms with Gasteiger partial charge in [-0.25, -0.2) is 4.79 Å². The highest BCUT2D eigenvalue weighted by Gasteiger charge is 2.52. The number of anilines is 1. The largest absolute Gasteiger partial charge is 0.496 e. The summed E-state index contributed by atoms with van der Waals surface area (Å²) < 4.78 is 17.4. The summed E-state index contributed by atoms with van der Waals surface area (Å²) in [4.78, 5) is 12.0. The maximum atomic E-state index is 12.0. The standard InChI is InChI=1S/C17H24BNO4/c1-6-21-15(20)13-10-11-8-7-9-12(14(11)19-13)18-22-16(2,3)17(4,5)23-18/h7-9,13,19H,6,10H2,1-5H3. The molecule has 3 rings (SSSR count). The van der Waals surface area contributed by atoms with E-state index in [1.165, 1.54) is 0 Å². The molecule has 0 aliphatic carbocycles. The summed E-state index contributed by atoms with van der Waals surface area (Å²) in [5.74, 6) is -0.219. The van der Waals surface area contributed by atoms with E-state index in [0.29, 0.717) is 13.0 Å². The number of ether oxygens (including phenoxy) is 1. The summed E-state index contributed by atoms with van der Waals surface area (Å²) in [5.41, 5.74) is 2.19. The lowest BCUT2D eigenvalue weighted by Crippen LogP contribution is -2.41. The molecule has 5 nitrogen and oxygen atoms in total. The second-order valence-electron chi connectivity index (χ2n) is 7.12. The Morgan fingerprint density at radius 2 is 1.96 bits per heavy atom. The second kappa shape index (κ2) is 5.53. The highest BCUT2D eigenvalue weighted by molar-refractivity contribution is 6.64. The molecule has 1 aromatic carbocycles. The van der Waals surface area contributed by atoms with Gasteiger partial charge in [-0.2, -0.15) is 0 Å². The highest BCUT2D eigenvalue weighted by atomic mass is 16.7. The quantitative estimate of drug-likeness (QED) is 0.681. The third-order valence-electron chi connectivity index (χ3n) is 5.00. The number of benzene rings is 1. The SMILES string of the molecule is CCOC(=O)C1Cc2cccc(B3OC(C)(C)C(C)(C)O3)c2N1. The Balaban J connectivity index is 1.86. The molecule has 124 valence electrons. The van der Waals surface area contributed by atoms with E-state index in [1.807, 2.05) is 52.8 Å². The van der Waals surface area contributed by atoms with Crippen LogP contribution in [0.5, 0.6) is 0 Å². The van der Waals surface area contributed by atoms with Gasteiger partial charge in [-0.3, -0.25) is 0 Å². The molecule has 1 aromatic rings. The van der Waals surface area contributed by atoms with Gasteiger partial charge < -0.3 is 19.4 Å². The number of hydrogen-bond acceptors (Lipinski definition) is 5. The smallest absolute Gasteiger partial charge is 0.464 e. The van der Waals surface area contributed by atoms with Crippen molar-refractivity contribution in [3.8, 4) is 0 Å². The number of nitrogens with one attached hydrogen (secondary N) is 1. The van der Waals surface area contributed by atoms with Crippen LogP contribution in [0.15, 0.2) is 18.2 Å². The second-order valence-corrected chi connectivity index (χ2v) is 7.12. The fourth-order valence-corrected chi connectivity index (χ4v) is 2.96. The van der Waals surface area contributed by atoms with Crippen molar-refractivity contribution < 1.29 is 18.8 Å². The Bertz CT molecular complexity index is 613. The zero-order chi connectivity index (χ0) is 16.8. The van der Waals surface area contributed by atoms with Crippen molar-refractivity contribution in [1.82, 2.24) is 0 Å². The first-order valence-electron chi connectivity index (χ1n) is 8.16. The number of para-hydroxylation sites is 1. The van der Waals surface area contributed by atoms with E-state index >= 15 is 0 Å². The first kappa shape index (κ1) is 16.3. The van der Waals surface area contributed by atoms with Crippen molar-refractivity contribution in [3.05, 3.63) is 23.8 Å². The topological polar surface area (TPSA) is 56.8 Å². The van der Waals surface area contributed by atoms with Crippen LogP contribution in [0, 0.1) is 0 Å². The first-order chi connectivity index (χ1) is 10.7. The van der Waals surface area contributed by atoms with Crippen molar-refractivity contribution in [2.24, 2.45) is 0 Å². The molecule has 1 N–H and O–H groups in total. The molecule has 1 saturated heterocycles. The fourth-order valence-electron chi connectivity index (χ4n) is 2.96. The van der Waals surface area contributed by atoms with Crippen LogP contribution in [0.4, 0.5) is 5.69 Å². The van der Waals surface area contributed by atoms with Crippen molar-refractivity contribution in [2.45, 2.75) is 58.3 Å². The van der Waals surface area contributed by atoms with Crippen LogP contribution in [-0.4, -0.2) is 36.9 Å². The molecule has 0 saturated carbocycles. The zero-order valence-electron chi connectivity index (χ0n) is 14.4. The summed E-state index contributed by atoms with van der Waals surface area (Å²) in [7, 11) is -0.441. The highest BCUT2D eigenvalue weighted by Crippen LogP contribution is 2.38. The average Bonchev–Trinajstić information content (AvgIpc) is 2.98. The van der Waals surface area contributed by atoms with Crippen LogP contribution >= 0.6 is 0 Å². The average molecular weight is 317 g/mol. The van der Waals surface area contributed by atoms with Crippen molar-refractivity contribution in [3.63, 3.8) is 0 Å². The summed E-state index contributed by atoms with van der Waals surface area (Å²) in [6.07, 6.45) is 0.627. The molecule has 2 heterocycles. The third kappa shape index (κ3) is 2.74. The van der Waals surface area contributed by atoms with E-state index < -0.39 is 7.12 Å². The Kier molecular flexibility index (Phi) is 3.93. The molecule has 23 heavy (non-hydrogen) atoms. The molecule has 0 aromatic heterocycles. The maximum absolute atomic E-state index is 12.0. The van der Waals surface area contributed by atoms with E-state index in [0.717, 1.165) is 16.7 Å². The van der Waals surface area contributed by atoms with Crippen molar-refractivity contribution in [1.29, 1.82) is 0 Å². The zero-order valence-corrected chi connectivity index (χ0v) is 14.4. The minimum absolute atomic E-state index is 0.219. The van der Waals surface area contributed by atoms with Gasteiger partial charge in [0.25, 0.3) is 0 Å². The van der Waals surface area contributed by atoms with Crippen LogP contribution in [-0.2, 0) is 25.3 Å². The van der Waals surface area contributed by atoms with E-state index in [1.54, 1.807) is 0 Å². The fraction of sp³-hybridized carbons (Fsp3) is 0.588. The predicted molar refractivity (Wildman–Crippen MR) is 89.9 cm³/mol. The van der Waals surface area contributed by atoms with Gasteiger partial charge in [0.15, 0.2) is 0 Å². The predicted octanol–water partition coefficient (Wildman–Crippen LogP) is 1.89. The molecule has 1 fully saturated rings. The van der Waals surface area contributed by atoms with Crippen LogP contribution in [0.2, 0.25) is 0 Å². The van der Waals surface area contributed by atoms with Gasteiger partial charge in [-0.15, -0.1) is 0 Å². The summed E-state index contributed by atoms with van der Waals surface area (Å²) >= 11 is 0. The van der Waals surface area contributed by atoms with Gasteiger partial charge in [-0.05, 0) is 40.2 Å². The van der Waals surface area contributed by atoms with Gasteiger partial charge in [-0.1, -0.05) is 18.2 Å². The van der Waals surface area contributed by atoms with Gasteiger partial charge in [0, 0.05) is 17.6 Å². The molecule has 0 amide bonds. The number of fused-ring (bicyclic) bond motifs is 1. The molecular weight excluding hydrogens is 293 g/mol. The van der Waals surface area contributed by atoms with E-state index in [4.69, 9.17) is 14.0 Å². The van der Waals surface area contributed by atoms with Crippen LogP contribution in [0.1, 0.15) is 40.2 Å². The van der Waals surface area contributed by atoms with Crippen molar-refractivity contribution in [2.75, 3.05) is 11.9 Å². The van der Waals surface area contributed by atoms with E-state index in [2.05, 4.69) is 5.32 Å². The first-order valence-corrected chi connectivity index (χ1v) is 8.16. The Morgan fingerprint density at radius 3 is 2.57 bits per heavy atom. The molecule has 6 heteroatoms. The van der Waals surface area contributed by atoms with Gasteiger partial charge >= 0.3 is 13.1 Å². The Morgan fingerprint density at radius 1 is 1.30 bits per heavy atom. The number of esters is 1. The van der Waals surface area contributed by atoms with Crippen molar-refractivity contribution >= 4 is 24.2 Å². The molecule has 1 unspecified atom stereocenters. The monoisotopic (exact) mass is 317 g/mol. The summed E-state index contributed by atoms with van der Waals surface area (Å²) in [6.45, 7) is 10.3. The van der Waals surface area contributed by atoms with E-state index in [9.17, 15) is 4.79 Å². The lowest BCUT2D eigenvalue weighted by molar-refractivity contribution is -0.143. The number of carbonyl (C=O) groups excluding carboxylic acids is 1. The molecule has 2 aliphatic rings. The maximum Gasteiger partial charge on any atom is 0.496 e. The number of carbonyl (C=O) groups is 1. The number of rotatable bonds is 3. The van der Waals surface area contributed by atoms with Gasteiger partial charge in [0.05, 0.1) is 17.8 Å². The minimum atomic E-state index is -0.441. The van der Waals surface area contributed by atoms with E-state index in [-0.39, 0.29) is 23.2 Å². The Labute approximate surface area is 137 Å². The lowest BCUT2D eigenvalue weighted by Gasteiger charge is -2.32. The lowest BCUT2D eigenvalue weighted by atomic mass is 9.77. The van der Waals surface area contributed by atoms with Gasteiger partial charge in [0.2, 0.25) is 0 Å². The van der Waals surface area contributed by atoms with Crippen LogP contribution in [0.3, 0.4) is 0 Å². The summed E-state index contributed by atoms with van der Waals surface area (Å²) in [6, 6.07) is 5.65. The molecule has 1 atom stereocenters. The van der Waals surface area contributed by atoms with Crippen LogP contribution in [0.25, 0.3) is 0 Å². The van der Waals surface area contributed by atoms with Crippen LogP contribution < -0.4 is 10.8 Å². The van der Waals surface area contributed by atoms with Gasteiger partial charge in [0.1, 0.15) is 6.04 Å².